The number of benzene rings is 1. The molecule has 0 saturated heterocycles. The molecule has 0 spiro atoms. The molecule has 0 fully saturated rings. The largest absolute Gasteiger partial charge is 0.375 e. The Bertz CT molecular complexity index is 646. The number of rotatable bonds is 4. The van der Waals surface area contributed by atoms with Crippen molar-refractivity contribution in [2.75, 3.05) is 5.73 Å². The number of hydrogen-bond acceptors (Lipinski definition) is 5. The molecule has 0 aliphatic carbocycles. The number of nitrogens with one attached hydrogen (secondary N) is 2. The van der Waals surface area contributed by atoms with Gasteiger partial charge in [-0.3, -0.25) is 15.6 Å². The topological polar surface area (TPSA) is 80.0 Å². The average Bonchev–Trinajstić information content (AvgIpc) is 2.75. The van der Waals surface area contributed by atoms with Crippen molar-refractivity contribution in [2.24, 2.45) is 0 Å². The highest BCUT2D eigenvalue weighted by Crippen LogP contribution is 2.19. The summed E-state index contributed by atoms with van der Waals surface area (Å²) in [6.07, 6.45) is 0. The maximum atomic E-state index is 12.0. The normalized spacial score (nSPS) is 10.1. The van der Waals surface area contributed by atoms with Gasteiger partial charge in [0.25, 0.3) is 5.91 Å². The summed E-state index contributed by atoms with van der Waals surface area (Å²) in [4.78, 5) is 16.5. The zero-order valence-corrected chi connectivity index (χ0v) is 12.2. The van der Waals surface area contributed by atoms with E-state index in [4.69, 9.17) is 5.73 Å². The van der Waals surface area contributed by atoms with Crippen LogP contribution in [0.4, 0.5) is 5.13 Å². The van der Waals surface area contributed by atoms with Crippen molar-refractivity contribution < 1.29 is 4.79 Å². The number of hydrogen-bond donors (Lipinski definition) is 3. The van der Waals surface area contributed by atoms with Gasteiger partial charge >= 0.3 is 0 Å². The number of aromatic nitrogens is 1. The summed E-state index contributed by atoms with van der Waals surface area (Å²) in [6.45, 7) is 7.64. The van der Waals surface area contributed by atoms with E-state index in [2.05, 4.69) is 22.4 Å². The van der Waals surface area contributed by atoms with E-state index in [1.54, 1.807) is 6.92 Å². The summed E-state index contributed by atoms with van der Waals surface area (Å²) >= 11 is 1.16. The van der Waals surface area contributed by atoms with Crippen molar-refractivity contribution in [1.29, 1.82) is 0 Å². The lowest BCUT2D eigenvalue weighted by atomic mass is 10.1. The van der Waals surface area contributed by atoms with Gasteiger partial charge in [0, 0.05) is 0 Å². The Hall–Kier alpha value is -2.34. The molecule has 0 aliphatic rings. The van der Waals surface area contributed by atoms with Crippen LogP contribution in [0.25, 0.3) is 5.70 Å². The Labute approximate surface area is 121 Å². The zero-order chi connectivity index (χ0) is 14.7. The number of hydrazine groups is 1. The minimum absolute atomic E-state index is 0.273. The minimum atomic E-state index is -0.273. The number of carbonyl (C=O) groups is 1. The summed E-state index contributed by atoms with van der Waals surface area (Å²) in [5.41, 5.74) is 14.3. The number of amides is 1. The van der Waals surface area contributed by atoms with E-state index in [0.29, 0.717) is 21.4 Å². The lowest BCUT2D eigenvalue weighted by Crippen LogP contribution is -2.35. The average molecular weight is 288 g/mol. The standard InChI is InChI=1S/C14H16N4OS/c1-8-4-6-11(7-5-8)9(2)17-18-13(19)12-10(3)16-14(15)20-12/h4-7,17H,2H2,1,3H3,(H2,15,16)(H,18,19). The van der Waals surface area contributed by atoms with Gasteiger partial charge in [-0.15, -0.1) is 0 Å². The molecule has 0 saturated carbocycles. The van der Waals surface area contributed by atoms with Gasteiger partial charge in [0.1, 0.15) is 4.88 Å². The predicted molar refractivity (Wildman–Crippen MR) is 82.1 cm³/mol. The smallest absolute Gasteiger partial charge is 0.281 e. The molecule has 5 nitrogen and oxygen atoms in total. The van der Waals surface area contributed by atoms with Crippen molar-refractivity contribution in [2.45, 2.75) is 13.8 Å². The van der Waals surface area contributed by atoms with Crippen molar-refractivity contribution in [3.8, 4) is 0 Å². The first-order valence-electron chi connectivity index (χ1n) is 6.02. The fraction of sp³-hybridized carbons (Fsp3) is 0.143. The second-order valence-corrected chi connectivity index (χ2v) is 5.42. The van der Waals surface area contributed by atoms with E-state index in [1.807, 2.05) is 31.2 Å². The van der Waals surface area contributed by atoms with E-state index in [0.717, 1.165) is 16.9 Å². The van der Waals surface area contributed by atoms with Gasteiger partial charge in [0.05, 0.1) is 11.4 Å². The Morgan fingerprint density at radius 2 is 1.90 bits per heavy atom. The fourth-order valence-corrected chi connectivity index (χ4v) is 2.37. The minimum Gasteiger partial charge on any atom is -0.375 e. The number of nitrogens with two attached hydrogens (primary N) is 1. The SMILES string of the molecule is C=C(NNC(=O)c1sc(N)nc1C)c1ccc(C)cc1. The quantitative estimate of drug-likeness (QED) is 0.754. The van der Waals surface area contributed by atoms with Crippen molar-refractivity contribution in [3.63, 3.8) is 0 Å². The number of aryl methyl sites for hydroxylation is 2. The highest BCUT2D eigenvalue weighted by atomic mass is 32.1. The third kappa shape index (κ3) is 3.16. The first-order valence-corrected chi connectivity index (χ1v) is 6.84. The van der Waals surface area contributed by atoms with Crippen molar-refractivity contribution >= 4 is 28.1 Å². The fourth-order valence-electron chi connectivity index (χ4n) is 1.64. The van der Waals surface area contributed by atoms with Crippen LogP contribution in [0.5, 0.6) is 0 Å². The number of thiazole rings is 1. The van der Waals surface area contributed by atoms with Gasteiger partial charge in [-0.2, -0.15) is 0 Å². The molecule has 104 valence electrons. The predicted octanol–water partition coefficient (Wildman–Crippen LogP) is 2.25. The molecule has 1 heterocycles. The summed E-state index contributed by atoms with van der Waals surface area (Å²) in [7, 11) is 0. The summed E-state index contributed by atoms with van der Waals surface area (Å²) in [5, 5.41) is 0.380. The van der Waals surface area contributed by atoms with E-state index >= 15 is 0 Å². The maximum absolute atomic E-state index is 12.0. The summed E-state index contributed by atoms with van der Waals surface area (Å²) in [6, 6.07) is 7.84. The van der Waals surface area contributed by atoms with Gasteiger partial charge in [-0.25, -0.2) is 4.98 Å². The Kier molecular flexibility index (Phi) is 4.05. The van der Waals surface area contributed by atoms with E-state index in [1.165, 1.54) is 5.56 Å². The molecular weight excluding hydrogens is 272 g/mol. The van der Waals surface area contributed by atoms with Gasteiger partial charge in [-0.05, 0) is 19.4 Å². The molecule has 1 aromatic carbocycles. The Morgan fingerprint density at radius 1 is 1.25 bits per heavy atom. The van der Waals surface area contributed by atoms with Gasteiger partial charge in [0.15, 0.2) is 5.13 Å². The van der Waals surface area contributed by atoms with Gasteiger partial charge in [0.2, 0.25) is 0 Å². The van der Waals surface area contributed by atoms with E-state index in [-0.39, 0.29) is 5.91 Å². The van der Waals surface area contributed by atoms with Crippen LogP contribution in [-0.2, 0) is 0 Å². The number of anilines is 1. The molecule has 1 amide bonds. The molecule has 2 rings (SSSR count). The first kappa shape index (κ1) is 14.1. The Morgan fingerprint density at radius 3 is 2.45 bits per heavy atom. The highest BCUT2D eigenvalue weighted by molar-refractivity contribution is 7.17. The van der Waals surface area contributed by atoms with Crippen LogP contribution < -0.4 is 16.6 Å². The molecule has 0 aliphatic heterocycles. The van der Waals surface area contributed by atoms with Crippen LogP contribution in [0, 0.1) is 13.8 Å². The maximum Gasteiger partial charge on any atom is 0.281 e. The molecule has 0 atom stereocenters. The van der Waals surface area contributed by atoms with Crippen LogP contribution >= 0.6 is 11.3 Å². The van der Waals surface area contributed by atoms with Crippen LogP contribution in [0.2, 0.25) is 0 Å². The van der Waals surface area contributed by atoms with Gasteiger partial charge in [-0.1, -0.05) is 47.7 Å². The molecule has 2 aromatic rings. The van der Waals surface area contributed by atoms with Crippen molar-refractivity contribution in [3.05, 3.63) is 52.5 Å². The molecule has 0 bridgehead atoms. The monoisotopic (exact) mass is 288 g/mol. The second-order valence-electron chi connectivity index (χ2n) is 4.39. The zero-order valence-electron chi connectivity index (χ0n) is 11.4. The summed E-state index contributed by atoms with van der Waals surface area (Å²) < 4.78 is 0. The lowest BCUT2D eigenvalue weighted by Gasteiger charge is -2.10. The third-order valence-corrected chi connectivity index (χ3v) is 3.73. The van der Waals surface area contributed by atoms with E-state index < -0.39 is 0 Å². The van der Waals surface area contributed by atoms with Crippen molar-refractivity contribution in [1.82, 2.24) is 15.8 Å². The first-order chi connectivity index (χ1) is 9.47. The number of nitrogens with zero attached hydrogens (tertiary/aromatic N) is 1. The third-order valence-electron chi connectivity index (χ3n) is 2.75. The molecule has 4 N–H and O–H groups in total. The molecule has 0 radical (unpaired) electrons. The number of carbonyl (C=O) groups excluding carboxylic acids is 1. The summed E-state index contributed by atoms with van der Waals surface area (Å²) in [5.74, 6) is -0.273. The lowest BCUT2D eigenvalue weighted by molar-refractivity contribution is 0.0946. The van der Waals surface area contributed by atoms with Crippen LogP contribution in [-0.4, -0.2) is 10.9 Å². The highest BCUT2D eigenvalue weighted by Gasteiger charge is 2.13. The Balaban J connectivity index is 1.98. The van der Waals surface area contributed by atoms with Gasteiger partial charge < -0.3 is 5.73 Å². The molecular formula is C14H16N4OS. The molecule has 20 heavy (non-hydrogen) atoms. The van der Waals surface area contributed by atoms with Crippen LogP contribution in [0.15, 0.2) is 30.8 Å². The van der Waals surface area contributed by atoms with Crippen LogP contribution in [0.1, 0.15) is 26.5 Å². The molecule has 0 unspecified atom stereocenters. The van der Waals surface area contributed by atoms with Crippen LogP contribution in [0.3, 0.4) is 0 Å². The molecule has 6 heteroatoms. The number of nitrogen functional groups attached to an aromatic ring is 1. The molecule has 1 aromatic heterocycles. The second kappa shape index (κ2) is 5.75. The van der Waals surface area contributed by atoms with E-state index in [9.17, 15) is 4.79 Å².